The second kappa shape index (κ2) is 9.12. The number of anilines is 2. The number of imide groups is 1. The number of halogens is 3. The summed E-state index contributed by atoms with van der Waals surface area (Å²) in [6.45, 7) is 0.701. The lowest BCUT2D eigenvalue weighted by Gasteiger charge is -2.35. The van der Waals surface area contributed by atoms with E-state index in [1.807, 2.05) is 24.3 Å². The predicted molar refractivity (Wildman–Crippen MR) is 141 cm³/mol. The van der Waals surface area contributed by atoms with Gasteiger partial charge in [0.25, 0.3) is 0 Å². The molecular formula is C30H22F3N3O5. The zero-order chi connectivity index (χ0) is 28.5. The number of carbonyl (C=O) groups is 3. The van der Waals surface area contributed by atoms with Crippen molar-refractivity contribution in [2.24, 2.45) is 11.8 Å². The second-order valence-corrected chi connectivity index (χ2v) is 10.2. The van der Waals surface area contributed by atoms with E-state index in [4.69, 9.17) is 9.47 Å². The van der Waals surface area contributed by atoms with Crippen molar-refractivity contribution in [2.45, 2.75) is 18.3 Å². The second-order valence-electron chi connectivity index (χ2n) is 10.2. The van der Waals surface area contributed by atoms with E-state index in [9.17, 15) is 27.6 Å². The molecule has 3 aromatic rings. The quantitative estimate of drug-likeness (QED) is 0.470. The van der Waals surface area contributed by atoms with Crippen LogP contribution in [0, 0.1) is 11.8 Å². The normalized spacial score (nSPS) is 24.2. The Morgan fingerprint density at radius 1 is 0.878 bits per heavy atom. The fourth-order valence-corrected chi connectivity index (χ4v) is 6.27. The molecule has 4 heterocycles. The number of hydrogen-bond acceptors (Lipinski definition) is 6. The van der Waals surface area contributed by atoms with E-state index in [0.717, 1.165) is 28.2 Å². The highest BCUT2D eigenvalue weighted by Crippen LogP contribution is 2.53. The van der Waals surface area contributed by atoms with E-state index in [-0.39, 0.29) is 5.69 Å². The highest BCUT2D eigenvalue weighted by molar-refractivity contribution is 6.24. The Hall–Kier alpha value is -4.80. The lowest BCUT2D eigenvalue weighted by atomic mass is 9.84. The lowest BCUT2D eigenvalue weighted by molar-refractivity contribution is -0.137. The molecule has 0 aromatic heterocycles. The number of amides is 3. The third-order valence-corrected chi connectivity index (χ3v) is 7.97. The van der Waals surface area contributed by atoms with Gasteiger partial charge in [-0.3, -0.25) is 14.4 Å². The Morgan fingerprint density at radius 3 is 2.44 bits per heavy atom. The van der Waals surface area contributed by atoms with Crippen LogP contribution in [-0.2, 0) is 20.6 Å². The summed E-state index contributed by atoms with van der Waals surface area (Å²) < 4.78 is 51.1. The molecule has 4 aliphatic rings. The Bertz CT molecular complexity index is 1640. The largest absolute Gasteiger partial charge is 0.486 e. The summed E-state index contributed by atoms with van der Waals surface area (Å²) >= 11 is 0. The topological polar surface area (TPSA) is 88.2 Å². The van der Waals surface area contributed by atoms with Gasteiger partial charge in [-0.2, -0.15) is 13.2 Å². The fourth-order valence-electron chi connectivity index (χ4n) is 6.27. The average Bonchev–Trinajstić information content (AvgIpc) is 3.44. The maximum atomic E-state index is 14.0. The molecule has 0 saturated carbocycles. The molecule has 7 rings (SSSR count). The minimum absolute atomic E-state index is 0.0633. The summed E-state index contributed by atoms with van der Waals surface area (Å²) in [6.07, 6.45) is -1.12. The standard InChI is InChI=1S/C30H22F3N3O5/c31-30(32,33)17-5-3-6-18(14-17)34-27(37)26-24-23(25-20-7-2-1-4-16(20)10-11-35(25)26)28(38)36(29(24)39)19-8-9-21-22(15-19)41-13-12-40-21/h1-11,14-15,23-26H,12-13H2,(H,34,37)/t23-,24-,25-,26+/m1/s1. The first-order chi connectivity index (χ1) is 19.7. The molecule has 0 spiro atoms. The first kappa shape index (κ1) is 25.2. The summed E-state index contributed by atoms with van der Waals surface area (Å²) in [5.74, 6) is -2.81. The van der Waals surface area contributed by atoms with Crippen molar-refractivity contribution in [2.75, 3.05) is 23.4 Å². The van der Waals surface area contributed by atoms with Gasteiger partial charge >= 0.3 is 6.18 Å². The molecule has 0 unspecified atom stereocenters. The van der Waals surface area contributed by atoms with Crippen LogP contribution in [0.25, 0.3) is 6.08 Å². The highest BCUT2D eigenvalue weighted by Gasteiger charge is 2.64. The van der Waals surface area contributed by atoms with Gasteiger partial charge in [0, 0.05) is 18.0 Å². The Kier molecular flexibility index (Phi) is 5.60. The monoisotopic (exact) mass is 561 g/mol. The van der Waals surface area contributed by atoms with E-state index in [0.29, 0.717) is 30.4 Å². The summed E-state index contributed by atoms with van der Waals surface area (Å²) in [5.41, 5.74) is 0.948. The predicted octanol–water partition coefficient (Wildman–Crippen LogP) is 4.63. The molecule has 0 aliphatic carbocycles. The zero-order valence-electron chi connectivity index (χ0n) is 21.3. The molecule has 8 nitrogen and oxygen atoms in total. The molecule has 4 atom stereocenters. The van der Waals surface area contributed by atoms with E-state index in [2.05, 4.69) is 5.32 Å². The molecular weight excluding hydrogens is 539 g/mol. The van der Waals surface area contributed by atoms with Gasteiger partial charge in [0.1, 0.15) is 19.3 Å². The van der Waals surface area contributed by atoms with Crippen LogP contribution in [-0.4, -0.2) is 41.9 Å². The number of hydrogen-bond donors (Lipinski definition) is 1. The fraction of sp³-hybridized carbons (Fsp3) is 0.233. The maximum Gasteiger partial charge on any atom is 0.416 e. The van der Waals surface area contributed by atoms with Gasteiger partial charge in [0.2, 0.25) is 17.7 Å². The number of fused-ring (bicyclic) bond motifs is 6. The van der Waals surface area contributed by atoms with Crippen LogP contribution in [0.3, 0.4) is 0 Å². The van der Waals surface area contributed by atoms with Crippen molar-refractivity contribution in [3.8, 4) is 11.5 Å². The Labute approximate surface area is 231 Å². The van der Waals surface area contributed by atoms with Gasteiger partial charge in [-0.15, -0.1) is 0 Å². The van der Waals surface area contributed by atoms with E-state index in [1.54, 1.807) is 35.4 Å². The summed E-state index contributed by atoms with van der Waals surface area (Å²) in [4.78, 5) is 44.6. The van der Waals surface area contributed by atoms with Crippen molar-refractivity contribution in [1.82, 2.24) is 4.90 Å². The number of alkyl halides is 3. The molecule has 11 heteroatoms. The summed E-state index contributed by atoms with van der Waals surface area (Å²) in [6, 6.07) is 14.7. The van der Waals surface area contributed by atoms with E-state index >= 15 is 0 Å². The van der Waals surface area contributed by atoms with Crippen molar-refractivity contribution in [1.29, 1.82) is 0 Å². The van der Waals surface area contributed by atoms with Crippen LogP contribution in [0.1, 0.15) is 22.7 Å². The number of carbonyl (C=O) groups excluding carboxylic acids is 3. The van der Waals surface area contributed by atoms with Crippen LogP contribution in [0.15, 0.2) is 72.9 Å². The van der Waals surface area contributed by atoms with Gasteiger partial charge in [-0.25, -0.2) is 4.90 Å². The first-order valence-corrected chi connectivity index (χ1v) is 13.0. The van der Waals surface area contributed by atoms with Crippen molar-refractivity contribution < 1.29 is 37.0 Å². The van der Waals surface area contributed by atoms with Crippen LogP contribution in [0.2, 0.25) is 0 Å². The number of nitrogens with zero attached hydrogens (tertiary/aromatic N) is 2. The molecule has 2 saturated heterocycles. The number of ether oxygens (including phenoxy) is 2. The summed E-state index contributed by atoms with van der Waals surface area (Å²) in [5, 5.41) is 2.56. The zero-order valence-corrected chi connectivity index (χ0v) is 21.3. The van der Waals surface area contributed by atoms with Crippen molar-refractivity contribution >= 4 is 35.2 Å². The Morgan fingerprint density at radius 2 is 1.63 bits per heavy atom. The van der Waals surface area contributed by atoms with Gasteiger partial charge in [0.15, 0.2) is 11.5 Å². The number of nitrogens with one attached hydrogen (secondary N) is 1. The van der Waals surface area contributed by atoms with Gasteiger partial charge in [0.05, 0.1) is 29.1 Å². The SMILES string of the molecule is O=C(Nc1cccc(C(F)(F)F)c1)[C@@H]1[C@@H]2C(=O)N(c3ccc4c(c3)OCCO4)C(=O)[C@H]2[C@H]2c3ccccc3C=CN12. The molecule has 0 bridgehead atoms. The molecule has 3 aromatic carbocycles. The van der Waals surface area contributed by atoms with Gasteiger partial charge in [-0.1, -0.05) is 30.3 Å². The van der Waals surface area contributed by atoms with E-state index < -0.39 is 53.4 Å². The van der Waals surface area contributed by atoms with Crippen molar-refractivity contribution in [3.63, 3.8) is 0 Å². The molecule has 4 aliphatic heterocycles. The number of rotatable bonds is 3. The summed E-state index contributed by atoms with van der Waals surface area (Å²) in [7, 11) is 0. The molecule has 41 heavy (non-hydrogen) atoms. The lowest BCUT2D eigenvalue weighted by Crippen LogP contribution is -2.46. The maximum absolute atomic E-state index is 14.0. The molecule has 3 amide bonds. The third-order valence-electron chi connectivity index (χ3n) is 7.97. The third kappa shape index (κ3) is 3.94. The Balaban J connectivity index is 1.28. The first-order valence-electron chi connectivity index (χ1n) is 13.0. The van der Waals surface area contributed by atoms with E-state index in [1.165, 1.54) is 12.1 Å². The molecule has 208 valence electrons. The van der Waals surface area contributed by atoms with Crippen LogP contribution >= 0.6 is 0 Å². The van der Waals surface area contributed by atoms with Crippen LogP contribution in [0.4, 0.5) is 24.5 Å². The highest BCUT2D eigenvalue weighted by atomic mass is 19.4. The van der Waals surface area contributed by atoms with Crippen LogP contribution in [0.5, 0.6) is 11.5 Å². The van der Waals surface area contributed by atoms with Gasteiger partial charge < -0.3 is 19.7 Å². The van der Waals surface area contributed by atoms with Crippen LogP contribution < -0.4 is 19.7 Å². The molecule has 1 N–H and O–H groups in total. The minimum Gasteiger partial charge on any atom is -0.486 e. The molecule has 2 fully saturated rings. The molecule has 0 radical (unpaired) electrons. The van der Waals surface area contributed by atoms with Crippen molar-refractivity contribution in [3.05, 3.63) is 89.6 Å². The minimum atomic E-state index is -4.60. The van der Waals surface area contributed by atoms with Gasteiger partial charge in [-0.05, 0) is 47.5 Å². The average molecular weight is 562 g/mol. The smallest absolute Gasteiger partial charge is 0.416 e. The number of benzene rings is 3.